The van der Waals surface area contributed by atoms with E-state index in [-0.39, 0.29) is 30.2 Å². The number of benzene rings is 2. The summed E-state index contributed by atoms with van der Waals surface area (Å²) in [7, 11) is 1.64. The summed E-state index contributed by atoms with van der Waals surface area (Å²) in [6, 6.07) is 9.75. The molecule has 2 unspecified atom stereocenters. The van der Waals surface area contributed by atoms with Crippen molar-refractivity contribution in [3.05, 3.63) is 68.2 Å². The minimum absolute atomic E-state index is 0.00970. The lowest BCUT2D eigenvalue weighted by atomic mass is 9.96. The number of nitro benzene ring substituents is 1. The number of rotatable bonds is 4. The highest BCUT2D eigenvalue weighted by Gasteiger charge is 2.32. The fraction of sp³-hybridized carbons (Fsp3) is 0.316. The van der Waals surface area contributed by atoms with Crippen LogP contribution in [0.3, 0.4) is 0 Å². The number of amides is 1. The summed E-state index contributed by atoms with van der Waals surface area (Å²) in [6.07, 6.45) is 0.00970. The SMILES string of the molecule is CC1Oc2c(C(=O)N(C)Cc3cc([N+](=O)[O-])ccc3Cl)cccc2C1C. The van der Waals surface area contributed by atoms with Gasteiger partial charge in [0.2, 0.25) is 0 Å². The van der Waals surface area contributed by atoms with Crippen molar-refractivity contribution in [3.63, 3.8) is 0 Å². The monoisotopic (exact) mass is 374 g/mol. The second kappa shape index (κ2) is 6.96. The zero-order valence-corrected chi connectivity index (χ0v) is 15.5. The molecule has 0 saturated heterocycles. The van der Waals surface area contributed by atoms with Crippen LogP contribution in [0.2, 0.25) is 5.02 Å². The number of nitrogens with zero attached hydrogens (tertiary/aromatic N) is 2. The van der Waals surface area contributed by atoms with Gasteiger partial charge in [-0.25, -0.2) is 0 Å². The predicted octanol–water partition coefficient (Wildman–Crippen LogP) is 4.40. The molecule has 6 nitrogen and oxygen atoms in total. The molecule has 0 radical (unpaired) electrons. The molecule has 3 rings (SSSR count). The van der Waals surface area contributed by atoms with E-state index in [0.717, 1.165) is 5.56 Å². The van der Waals surface area contributed by atoms with Gasteiger partial charge in [-0.1, -0.05) is 30.7 Å². The summed E-state index contributed by atoms with van der Waals surface area (Å²) in [5.74, 6) is 0.620. The Labute approximate surface area is 156 Å². The number of carbonyl (C=O) groups excluding carboxylic acids is 1. The number of para-hydroxylation sites is 1. The van der Waals surface area contributed by atoms with E-state index in [4.69, 9.17) is 16.3 Å². The molecule has 1 amide bonds. The Hall–Kier alpha value is -2.60. The molecule has 0 aliphatic carbocycles. The topological polar surface area (TPSA) is 72.7 Å². The van der Waals surface area contributed by atoms with Gasteiger partial charge in [-0.2, -0.15) is 0 Å². The van der Waals surface area contributed by atoms with Crippen molar-refractivity contribution in [3.8, 4) is 5.75 Å². The van der Waals surface area contributed by atoms with Crippen LogP contribution in [0.4, 0.5) is 5.69 Å². The van der Waals surface area contributed by atoms with Crippen molar-refractivity contribution in [2.24, 2.45) is 0 Å². The third-order valence-electron chi connectivity index (χ3n) is 4.77. The molecule has 0 aromatic heterocycles. The second-order valence-corrected chi connectivity index (χ2v) is 6.94. The van der Waals surface area contributed by atoms with Crippen LogP contribution >= 0.6 is 11.6 Å². The van der Waals surface area contributed by atoms with Crippen molar-refractivity contribution in [2.75, 3.05) is 7.05 Å². The van der Waals surface area contributed by atoms with E-state index in [9.17, 15) is 14.9 Å². The molecule has 26 heavy (non-hydrogen) atoms. The van der Waals surface area contributed by atoms with Gasteiger partial charge in [0.1, 0.15) is 11.9 Å². The lowest BCUT2D eigenvalue weighted by molar-refractivity contribution is -0.384. The maximum atomic E-state index is 12.9. The Morgan fingerprint density at radius 3 is 2.73 bits per heavy atom. The number of fused-ring (bicyclic) bond motifs is 1. The molecule has 0 N–H and O–H groups in total. The molecule has 1 aliphatic rings. The summed E-state index contributed by atoms with van der Waals surface area (Å²) in [4.78, 5) is 24.9. The van der Waals surface area contributed by atoms with Gasteiger partial charge in [0.25, 0.3) is 11.6 Å². The molecule has 1 heterocycles. The van der Waals surface area contributed by atoms with Gasteiger partial charge < -0.3 is 9.64 Å². The Bertz CT molecular complexity index is 884. The van der Waals surface area contributed by atoms with E-state index in [1.54, 1.807) is 13.1 Å². The molecule has 0 spiro atoms. The van der Waals surface area contributed by atoms with E-state index >= 15 is 0 Å². The molecule has 0 fully saturated rings. The number of hydrogen-bond acceptors (Lipinski definition) is 4. The van der Waals surface area contributed by atoms with Crippen LogP contribution in [0.1, 0.15) is 41.3 Å². The highest BCUT2D eigenvalue weighted by atomic mass is 35.5. The van der Waals surface area contributed by atoms with Gasteiger partial charge in [-0.3, -0.25) is 14.9 Å². The van der Waals surface area contributed by atoms with Crippen LogP contribution < -0.4 is 4.74 Å². The van der Waals surface area contributed by atoms with E-state index in [1.807, 2.05) is 19.1 Å². The molecule has 0 bridgehead atoms. The zero-order valence-electron chi connectivity index (χ0n) is 14.7. The highest BCUT2D eigenvalue weighted by molar-refractivity contribution is 6.31. The first kappa shape index (κ1) is 18.2. The second-order valence-electron chi connectivity index (χ2n) is 6.53. The van der Waals surface area contributed by atoms with Crippen LogP contribution in [0.25, 0.3) is 0 Å². The van der Waals surface area contributed by atoms with Gasteiger partial charge in [0.05, 0.1) is 10.5 Å². The minimum Gasteiger partial charge on any atom is -0.489 e. The van der Waals surface area contributed by atoms with E-state index in [0.29, 0.717) is 21.9 Å². The van der Waals surface area contributed by atoms with E-state index in [1.165, 1.54) is 23.1 Å². The molecule has 2 aromatic carbocycles. The Morgan fingerprint density at radius 1 is 1.31 bits per heavy atom. The third-order valence-corrected chi connectivity index (χ3v) is 5.14. The van der Waals surface area contributed by atoms with Crippen LogP contribution in [0.15, 0.2) is 36.4 Å². The van der Waals surface area contributed by atoms with Crippen LogP contribution in [-0.4, -0.2) is 28.9 Å². The number of hydrogen-bond donors (Lipinski definition) is 0. The molecule has 7 heteroatoms. The predicted molar refractivity (Wildman–Crippen MR) is 98.9 cm³/mol. The average molecular weight is 375 g/mol. The Morgan fingerprint density at radius 2 is 2.04 bits per heavy atom. The summed E-state index contributed by atoms with van der Waals surface area (Å²) >= 11 is 6.14. The molecule has 136 valence electrons. The average Bonchev–Trinajstić information content (AvgIpc) is 2.90. The number of halogens is 1. The highest BCUT2D eigenvalue weighted by Crippen LogP contribution is 2.40. The quantitative estimate of drug-likeness (QED) is 0.587. The van der Waals surface area contributed by atoms with Gasteiger partial charge in [0.15, 0.2) is 0 Å². The Balaban J connectivity index is 1.87. The standard InChI is InChI=1S/C19H19ClN2O4/c1-11-12(2)26-18-15(11)5-4-6-16(18)19(23)21(3)10-13-9-14(22(24)25)7-8-17(13)20/h4-9,11-12H,10H2,1-3H3. The fourth-order valence-corrected chi connectivity index (χ4v) is 3.26. The Kier molecular flexibility index (Phi) is 4.87. The summed E-state index contributed by atoms with van der Waals surface area (Å²) < 4.78 is 5.88. The van der Waals surface area contributed by atoms with Crippen molar-refractivity contribution >= 4 is 23.2 Å². The van der Waals surface area contributed by atoms with Crippen LogP contribution in [0, 0.1) is 10.1 Å². The molecular weight excluding hydrogens is 356 g/mol. The lowest BCUT2D eigenvalue weighted by Gasteiger charge is -2.19. The van der Waals surface area contributed by atoms with Crippen molar-refractivity contribution in [1.82, 2.24) is 4.90 Å². The summed E-state index contributed by atoms with van der Waals surface area (Å²) in [5.41, 5.74) is 1.97. The number of nitro groups is 1. The maximum Gasteiger partial charge on any atom is 0.269 e. The molecule has 2 aromatic rings. The summed E-state index contributed by atoms with van der Waals surface area (Å²) in [6.45, 7) is 4.21. The zero-order chi connectivity index (χ0) is 19.0. The first-order valence-electron chi connectivity index (χ1n) is 8.27. The van der Waals surface area contributed by atoms with Gasteiger partial charge >= 0.3 is 0 Å². The van der Waals surface area contributed by atoms with E-state index in [2.05, 4.69) is 6.92 Å². The number of non-ortho nitro benzene ring substituents is 1. The third kappa shape index (κ3) is 3.24. The number of carbonyl (C=O) groups is 1. The normalized spacial score (nSPS) is 18.2. The van der Waals surface area contributed by atoms with Crippen LogP contribution in [-0.2, 0) is 6.54 Å². The van der Waals surface area contributed by atoms with Crippen molar-refractivity contribution in [2.45, 2.75) is 32.4 Å². The number of ether oxygens (including phenoxy) is 1. The van der Waals surface area contributed by atoms with Crippen molar-refractivity contribution < 1.29 is 14.5 Å². The maximum absolute atomic E-state index is 12.9. The molecule has 1 aliphatic heterocycles. The van der Waals surface area contributed by atoms with Gasteiger partial charge in [-0.15, -0.1) is 0 Å². The van der Waals surface area contributed by atoms with Crippen LogP contribution in [0.5, 0.6) is 5.75 Å². The fourth-order valence-electron chi connectivity index (χ4n) is 3.08. The largest absolute Gasteiger partial charge is 0.489 e. The smallest absolute Gasteiger partial charge is 0.269 e. The molecule has 0 saturated carbocycles. The molecular formula is C19H19ClN2O4. The first-order valence-corrected chi connectivity index (χ1v) is 8.65. The van der Waals surface area contributed by atoms with Gasteiger partial charge in [0, 0.05) is 42.2 Å². The molecule has 2 atom stereocenters. The van der Waals surface area contributed by atoms with Crippen molar-refractivity contribution in [1.29, 1.82) is 0 Å². The van der Waals surface area contributed by atoms with E-state index < -0.39 is 4.92 Å². The lowest BCUT2D eigenvalue weighted by Crippen LogP contribution is -2.27. The first-order chi connectivity index (χ1) is 12.3. The summed E-state index contributed by atoms with van der Waals surface area (Å²) in [5, 5.41) is 11.3. The minimum atomic E-state index is -0.484. The van der Waals surface area contributed by atoms with Gasteiger partial charge in [-0.05, 0) is 24.6 Å².